The third-order valence-electron chi connectivity index (χ3n) is 5.00. The van der Waals surface area contributed by atoms with Gasteiger partial charge in [0.05, 0.1) is 13.2 Å². The molecule has 0 atom stereocenters. The molecule has 0 saturated carbocycles. The van der Waals surface area contributed by atoms with Crippen LogP contribution in [0.25, 0.3) is 5.57 Å². The van der Waals surface area contributed by atoms with Gasteiger partial charge in [0.25, 0.3) is 0 Å². The first-order chi connectivity index (χ1) is 14.5. The third-order valence-corrected chi connectivity index (χ3v) is 5.00. The van der Waals surface area contributed by atoms with E-state index in [1.165, 1.54) is 11.1 Å². The fourth-order valence-corrected chi connectivity index (χ4v) is 3.61. The maximum absolute atomic E-state index is 14.7. The molecule has 0 bridgehead atoms. The summed E-state index contributed by atoms with van der Waals surface area (Å²) in [5.41, 5.74) is 4.09. The second-order valence-corrected chi connectivity index (χ2v) is 7.26. The van der Waals surface area contributed by atoms with E-state index >= 15 is 0 Å². The van der Waals surface area contributed by atoms with Crippen LogP contribution in [0.1, 0.15) is 44.1 Å². The molecule has 8 heteroatoms. The van der Waals surface area contributed by atoms with E-state index in [0.717, 1.165) is 41.1 Å². The van der Waals surface area contributed by atoms with E-state index in [0.29, 0.717) is 31.0 Å². The Bertz CT molecular complexity index is 990. The molecule has 0 unspecified atom stereocenters. The van der Waals surface area contributed by atoms with Crippen molar-refractivity contribution in [2.75, 3.05) is 20.2 Å². The molecule has 0 saturated heterocycles. The lowest BCUT2D eigenvalue weighted by molar-refractivity contribution is 0.356. The predicted molar refractivity (Wildman–Crippen MR) is 117 cm³/mol. The SMILES string of the molecule is C/C=C(C(C)=NCCC)/C(=C/N(C)N)c1nncn1Cc1c(F)ccc2c1CCO2. The predicted octanol–water partition coefficient (Wildman–Crippen LogP) is 3.36. The van der Waals surface area contributed by atoms with Gasteiger partial charge in [0.15, 0.2) is 5.82 Å². The van der Waals surface area contributed by atoms with E-state index in [2.05, 4.69) is 22.1 Å². The second kappa shape index (κ2) is 9.67. The van der Waals surface area contributed by atoms with E-state index in [4.69, 9.17) is 10.6 Å². The molecule has 0 spiro atoms. The molecule has 0 fully saturated rings. The van der Waals surface area contributed by atoms with Crippen LogP contribution in [0, 0.1) is 5.82 Å². The molecular formula is C22H29FN6O. The molecule has 160 valence electrons. The van der Waals surface area contributed by atoms with Crippen LogP contribution in [0.2, 0.25) is 0 Å². The number of hydrogen-bond donors (Lipinski definition) is 1. The van der Waals surface area contributed by atoms with Gasteiger partial charge in [0, 0.05) is 54.2 Å². The lowest BCUT2D eigenvalue weighted by Gasteiger charge is -2.17. The summed E-state index contributed by atoms with van der Waals surface area (Å²) in [6, 6.07) is 3.14. The molecule has 1 aromatic carbocycles. The van der Waals surface area contributed by atoms with E-state index in [9.17, 15) is 4.39 Å². The number of rotatable bonds is 8. The van der Waals surface area contributed by atoms with Gasteiger partial charge >= 0.3 is 0 Å². The molecule has 0 radical (unpaired) electrons. The van der Waals surface area contributed by atoms with Crippen molar-refractivity contribution < 1.29 is 9.13 Å². The van der Waals surface area contributed by atoms with E-state index < -0.39 is 0 Å². The zero-order valence-electron chi connectivity index (χ0n) is 18.0. The zero-order chi connectivity index (χ0) is 21.7. The number of hydrazine groups is 1. The van der Waals surface area contributed by atoms with Crippen molar-refractivity contribution in [1.82, 2.24) is 19.8 Å². The lowest BCUT2D eigenvalue weighted by atomic mass is 10.0. The van der Waals surface area contributed by atoms with Gasteiger partial charge in [-0.05, 0) is 32.4 Å². The number of halogens is 1. The Morgan fingerprint density at radius 3 is 2.93 bits per heavy atom. The van der Waals surface area contributed by atoms with Crippen LogP contribution in [-0.2, 0) is 13.0 Å². The van der Waals surface area contributed by atoms with Crippen LogP contribution in [0.3, 0.4) is 0 Å². The summed E-state index contributed by atoms with van der Waals surface area (Å²) in [5, 5.41) is 9.91. The average Bonchev–Trinajstić information content (AvgIpc) is 3.37. The number of nitrogens with two attached hydrogens (primary N) is 1. The molecular weight excluding hydrogens is 383 g/mol. The highest BCUT2D eigenvalue weighted by Gasteiger charge is 2.22. The van der Waals surface area contributed by atoms with Crippen molar-refractivity contribution in [3.8, 4) is 5.75 Å². The summed E-state index contributed by atoms with van der Waals surface area (Å²) < 4.78 is 22.1. The van der Waals surface area contributed by atoms with Gasteiger partial charge in [-0.25, -0.2) is 10.2 Å². The van der Waals surface area contributed by atoms with Gasteiger partial charge in [0.1, 0.15) is 17.9 Å². The summed E-state index contributed by atoms with van der Waals surface area (Å²) in [6.45, 7) is 7.62. The van der Waals surface area contributed by atoms with Crippen LogP contribution >= 0.6 is 0 Å². The molecule has 30 heavy (non-hydrogen) atoms. The molecule has 1 aliphatic heterocycles. The Labute approximate surface area is 176 Å². The fourth-order valence-electron chi connectivity index (χ4n) is 3.61. The van der Waals surface area contributed by atoms with Crippen molar-refractivity contribution in [3.05, 3.63) is 59.1 Å². The normalized spacial score (nSPS) is 14.7. The van der Waals surface area contributed by atoms with Crippen LogP contribution in [0.5, 0.6) is 5.75 Å². The summed E-state index contributed by atoms with van der Waals surface area (Å²) in [7, 11) is 1.74. The molecule has 3 rings (SSSR count). The molecule has 2 aromatic rings. The van der Waals surface area contributed by atoms with Crippen molar-refractivity contribution >= 4 is 11.3 Å². The summed E-state index contributed by atoms with van der Waals surface area (Å²) >= 11 is 0. The standard InChI is InChI=1S/C22H29FN6O/c1-5-10-25-15(3)16(6-2)19(12-28(4)24)22-27-26-14-29(22)13-18-17-9-11-30-21(17)8-7-20(18)23/h6-8,12,14H,5,9-11,13,24H2,1-4H3/b16-6+,19-12-,25-15?. The molecule has 2 heterocycles. The quantitative estimate of drug-likeness (QED) is 0.311. The highest BCUT2D eigenvalue weighted by molar-refractivity contribution is 6.11. The Morgan fingerprint density at radius 1 is 1.43 bits per heavy atom. The summed E-state index contributed by atoms with van der Waals surface area (Å²) in [5.74, 6) is 7.04. The molecule has 0 aliphatic carbocycles. The number of fused-ring (bicyclic) bond motifs is 1. The minimum atomic E-state index is -0.257. The van der Waals surface area contributed by atoms with Crippen molar-refractivity contribution in [3.63, 3.8) is 0 Å². The van der Waals surface area contributed by atoms with Gasteiger partial charge in [-0.3, -0.25) is 4.99 Å². The van der Waals surface area contributed by atoms with Crippen LogP contribution in [0.4, 0.5) is 4.39 Å². The number of benzene rings is 1. The van der Waals surface area contributed by atoms with Crippen molar-refractivity contribution in [2.45, 2.75) is 40.2 Å². The first kappa shape index (κ1) is 21.7. The smallest absolute Gasteiger partial charge is 0.166 e. The monoisotopic (exact) mass is 412 g/mol. The number of allylic oxidation sites excluding steroid dienone is 3. The van der Waals surface area contributed by atoms with Crippen molar-refractivity contribution in [1.29, 1.82) is 0 Å². The Morgan fingerprint density at radius 2 is 2.23 bits per heavy atom. The first-order valence-electron chi connectivity index (χ1n) is 10.1. The van der Waals surface area contributed by atoms with E-state index in [1.54, 1.807) is 25.6 Å². The summed E-state index contributed by atoms with van der Waals surface area (Å²) in [4.78, 5) is 4.64. The number of hydrogen-bond acceptors (Lipinski definition) is 6. The van der Waals surface area contributed by atoms with E-state index in [-0.39, 0.29) is 5.82 Å². The number of aromatic nitrogens is 3. The maximum atomic E-state index is 14.7. The van der Waals surface area contributed by atoms with Crippen LogP contribution in [-0.4, -0.2) is 45.7 Å². The lowest BCUT2D eigenvalue weighted by Crippen LogP contribution is -2.21. The van der Waals surface area contributed by atoms with E-state index in [1.807, 2.05) is 24.5 Å². The van der Waals surface area contributed by atoms with Gasteiger partial charge < -0.3 is 14.3 Å². The largest absolute Gasteiger partial charge is 0.493 e. The molecule has 2 N–H and O–H groups in total. The molecule has 0 amide bonds. The number of aliphatic imine (C=N–C) groups is 1. The fraction of sp³-hybridized carbons (Fsp3) is 0.409. The number of ether oxygens (including phenoxy) is 1. The average molecular weight is 413 g/mol. The zero-order valence-corrected chi connectivity index (χ0v) is 18.0. The van der Waals surface area contributed by atoms with Crippen LogP contribution < -0.4 is 10.6 Å². The third kappa shape index (κ3) is 4.59. The Balaban J connectivity index is 2.04. The second-order valence-electron chi connectivity index (χ2n) is 7.26. The van der Waals surface area contributed by atoms with Gasteiger partial charge in [0.2, 0.25) is 0 Å². The van der Waals surface area contributed by atoms with Gasteiger partial charge in [-0.2, -0.15) is 0 Å². The maximum Gasteiger partial charge on any atom is 0.166 e. The summed E-state index contributed by atoms with van der Waals surface area (Å²) in [6.07, 6.45) is 7.03. The highest BCUT2D eigenvalue weighted by Crippen LogP contribution is 2.31. The van der Waals surface area contributed by atoms with Crippen molar-refractivity contribution in [2.24, 2.45) is 10.8 Å². The first-order valence-corrected chi connectivity index (χ1v) is 10.1. The minimum Gasteiger partial charge on any atom is -0.493 e. The molecule has 7 nitrogen and oxygen atoms in total. The molecule has 1 aromatic heterocycles. The van der Waals surface area contributed by atoms with Gasteiger partial charge in [-0.1, -0.05) is 13.0 Å². The number of nitrogens with zero attached hydrogens (tertiary/aromatic N) is 5. The molecule has 1 aliphatic rings. The Kier molecular flexibility index (Phi) is 6.99. The Hall–Kier alpha value is -3.00. The highest BCUT2D eigenvalue weighted by atomic mass is 19.1. The topological polar surface area (TPSA) is 81.6 Å². The van der Waals surface area contributed by atoms with Crippen LogP contribution in [0.15, 0.2) is 41.3 Å². The van der Waals surface area contributed by atoms with Gasteiger partial charge in [-0.15, -0.1) is 10.2 Å². The minimum absolute atomic E-state index is 0.257.